The number of hydrogen-bond acceptors (Lipinski definition) is 2. The zero-order chi connectivity index (χ0) is 8.72. The Kier molecular flexibility index (Phi) is 2.04. The molecular weight excluding hydrogens is 288 g/mol. The lowest BCUT2D eigenvalue weighted by molar-refractivity contribution is 0.609. The van der Waals surface area contributed by atoms with Crippen LogP contribution in [0.5, 0.6) is 0 Å². The highest BCUT2D eigenvalue weighted by atomic mass is 127. The molecule has 62 valence electrons. The first-order valence-corrected chi connectivity index (χ1v) is 5.25. The number of benzene rings is 1. The quantitative estimate of drug-likeness (QED) is 0.679. The minimum absolute atomic E-state index is 0.354. The predicted molar refractivity (Wildman–Crippen MR) is 57.0 cm³/mol. The van der Waals surface area contributed by atoms with Gasteiger partial charge in [-0.15, -0.1) is 0 Å². The summed E-state index contributed by atoms with van der Waals surface area (Å²) in [6.07, 6.45) is 0. The summed E-state index contributed by atoms with van der Waals surface area (Å²) >= 11 is 3.44. The van der Waals surface area contributed by atoms with Gasteiger partial charge in [0.05, 0.1) is 10.1 Å². The van der Waals surface area contributed by atoms with E-state index in [4.69, 9.17) is 0 Å². The summed E-state index contributed by atoms with van der Waals surface area (Å²) in [5, 5.41) is 0.634. The highest BCUT2D eigenvalue weighted by Crippen LogP contribution is 2.28. The monoisotopic (exact) mass is 293 g/mol. The Morgan fingerprint density at radius 3 is 3.00 bits per heavy atom. The summed E-state index contributed by atoms with van der Waals surface area (Å²) in [5.74, 6) is -0.354. The Bertz CT molecular complexity index is 438. The van der Waals surface area contributed by atoms with Crippen molar-refractivity contribution in [1.82, 2.24) is 4.37 Å². The first kappa shape index (κ1) is 8.37. The average Bonchev–Trinajstić information content (AvgIpc) is 2.41. The molecule has 0 aliphatic rings. The van der Waals surface area contributed by atoms with Crippen molar-refractivity contribution in [1.29, 1.82) is 0 Å². The highest BCUT2D eigenvalue weighted by Gasteiger charge is 2.08. The zero-order valence-corrected chi connectivity index (χ0v) is 9.24. The molecule has 0 amide bonds. The third kappa shape index (κ3) is 1.13. The molecule has 1 nitrogen and oxygen atoms in total. The van der Waals surface area contributed by atoms with Crippen molar-refractivity contribution in [2.45, 2.75) is 6.92 Å². The van der Waals surface area contributed by atoms with Gasteiger partial charge >= 0.3 is 0 Å². The molecule has 0 bridgehead atoms. The lowest BCUT2D eigenvalue weighted by Crippen LogP contribution is -1.79. The van der Waals surface area contributed by atoms with E-state index in [-0.39, 0.29) is 5.95 Å². The predicted octanol–water partition coefficient (Wildman–Crippen LogP) is 3.35. The van der Waals surface area contributed by atoms with Crippen molar-refractivity contribution in [2.24, 2.45) is 0 Å². The van der Waals surface area contributed by atoms with Crippen molar-refractivity contribution in [3.63, 3.8) is 0 Å². The number of rotatable bonds is 0. The Morgan fingerprint density at radius 2 is 2.25 bits per heavy atom. The summed E-state index contributed by atoms with van der Waals surface area (Å²) in [4.78, 5) is 0. The lowest BCUT2D eigenvalue weighted by Gasteiger charge is -1.96. The van der Waals surface area contributed by atoms with Crippen LogP contribution in [0, 0.1) is 16.4 Å². The number of fused-ring (bicyclic) bond motifs is 1. The molecule has 0 unspecified atom stereocenters. The number of aryl methyl sites for hydroxylation is 1. The second kappa shape index (κ2) is 2.92. The molecule has 0 aliphatic heterocycles. The maximum absolute atomic E-state index is 13.0. The summed E-state index contributed by atoms with van der Waals surface area (Å²) in [6, 6.07) is 3.70. The largest absolute Gasteiger partial charge is 0.232 e. The van der Waals surface area contributed by atoms with Gasteiger partial charge in [0.1, 0.15) is 0 Å². The van der Waals surface area contributed by atoms with Crippen molar-refractivity contribution >= 4 is 44.2 Å². The summed E-state index contributed by atoms with van der Waals surface area (Å²) in [5.41, 5.74) is 1.17. The molecule has 0 aliphatic carbocycles. The fraction of sp³-hybridized carbons (Fsp3) is 0.125. The zero-order valence-electron chi connectivity index (χ0n) is 6.27. The molecule has 4 heteroatoms. The van der Waals surface area contributed by atoms with Crippen LogP contribution in [-0.4, -0.2) is 4.37 Å². The fourth-order valence-electron chi connectivity index (χ4n) is 1.04. The van der Waals surface area contributed by atoms with Crippen LogP contribution in [0.1, 0.15) is 5.56 Å². The van der Waals surface area contributed by atoms with Crippen LogP contribution in [0.15, 0.2) is 12.1 Å². The minimum Gasteiger partial charge on any atom is -0.183 e. The van der Waals surface area contributed by atoms with Crippen LogP contribution < -0.4 is 0 Å². The van der Waals surface area contributed by atoms with Gasteiger partial charge in [-0.2, -0.15) is 8.76 Å². The fourth-order valence-corrected chi connectivity index (χ4v) is 2.57. The van der Waals surface area contributed by atoms with Crippen molar-refractivity contribution in [3.05, 3.63) is 27.2 Å². The number of aromatic nitrogens is 1. The van der Waals surface area contributed by atoms with Gasteiger partial charge in [0, 0.05) is 3.57 Å². The molecule has 0 atom stereocenters. The van der Waals surface area contributed by atoms with E-state index in [9.17, 15) is 4.39 Å². The van der Waals surface area contributed by atoms with Crippen molar-refractivity contribution < 1.29 is 4.39 Å². The molecule has 0 radical (unpaired) electrons. The van der Waals surface area contributed by atoms with E-state index in [0.717, 1.165) is 8.27 Å². The SMILES string of the molecule is Cc1ccc2c(F)nsc2c1I. The summed E-state index contributed by atoms with van der Waals surface area (Å²) in [7, 11) is 0. The second-order valence-electron chi connectivity index (χ2n) is 2.55. The van der Waals surface area contributed by atoms with Crippen LogP contribution in [0.4, 0.5) is 4.39 Å². The summed E-state index contributed by atoms with van der Waals surface area (Å²) in [6.45, 7) is 2.01. The molecule has 2 rings (SSSR count). The maximum Gasteiger partial charge on any atom is 0.232 e. The van der Waals surface area contributed by atoms with Crippen LogP contribution in [0.3, 0.4) is 0 Å². The van der Waals surface area contributed by atoms with E-state index < -0.39 is 0 Å². The smallest absolute Gasteiger partial charge is 0.183 e. The molecule has 2 aromatic rings. The van der Waals surface area contributed by atoms with E-state index in [1.54, 1.807) is 6.07 Å². The molecule has 0 fully saturated rings. The van der Waals surface area contributed by atoms with E-state index in [0.29, 0.717) is 5.39 Å². The number of nitrogens with zero attached hydrogens (tertiary/aromatic N) is 1. The van der Waals surface area contributed by atoms with Gasteiger partial charge in [-0.05, 0) is 52.7 Å². The van der Waals surface area contributed by atoms with Gasteiger partial charge in [0.25, 0.3) is 0 Å². The Balaban J connectivity index is 2.93. The van der Waals surface area contributed by atoms with Crippen LogP contribution in [0.25, 0.3) is 10.1 Å². The highest BCUT2D eigenvalue weighted by molar-refractivity contribution is 14.1. The van der Waals surface area contributed by atoms with Crippen LogP contribution in [0.2, 0.25) is 0 Å². The Morgan fingerprint density at radius 1 is 1.50 bits per heavy atom. The van der Waals surface area contributed by atoms with E-state index >= 15 is 0 Å². The van der Waals surface area contributed by atoms with Gasteiger partial charge in [-0.3, -0.25) is 0 Å². The van der Waals surface area contributed by atoms with Gasteiger partial charge in [0.15, 0.2) is 0 Å². The molecule has 1 aromatic heterocycles. The lowest BCUT2D eigenvalue weighted by atomic mass is 10.2. The third-order valence-electron chi connectivity index (χ3n) is 1.73. The van der Waals surface area contributed by atoms with Crippen LogP contribution >= 0.6 is 34.1 Å². The maximum atomic E-state index is 13.0. The number of halogens is 2. The average molecular weight is 293 g/mol. The first-order valence-electron chi connectivity index (χ1n) is 3.40. The van der Waals surface area contributed by atoms with Gasteiger partial charge in [-0.25, -0.2) is 0 Å². The molecular formula is C8H5FINS. The topological polar surface area (TPSA) is 12.9 Å². The molecule has 1 aromatic carbocycles. The van der Waals surface area contributed by atoms with Gasteiger partial charge < -0.3 is 0 Å². The molecule has 0 spiro atoms. The Labute approximate surface area is 86.9 Å². The minimum atomic E-state index is -0.354. The normalized spacial score (nSPS) is 10.9. The molecule has 0 N–H and O–H groups in total. The van der Waals surface area contributed by atoms with Crippen LogP contribution in [-0.2, 0) is 0 Å². The van der Waals surface area contributed by atoms with E-state index in [1.165, 1.54) is 17.1 Å². The van der Waals surface area contributed by atoms with E-state index in [1.807, 2.05) is 13.0 Å². The standard InChI is InChI=1S/C8H5FINS/c1-4-2-3-5-7(6(4)10)12-11-8(5)9/h2-3H,1H3. The molecule has 0 saturated heterocycles. The van der Waals surface area contributed by atoms with Gasteiger partial charge in [0.2, 0.25) is 5.95 Å². The van der Waals surface area contributed by atoms with Crippen molar-refractivity contribution in [2.75, 3.05) is 0 Å². The third-order valence-corrected chi connectivity index (χ3v) is 4.34. The van der Waals surface area contributed by atoms with Gasteiger partial charge in [-0.1, -0.05) is 6.07 Å². The molecule has 1 heterocycles. The molecule has 0 saturated carbocycles. The first-order chi connectivity index (χ1) is 5.70. The molecule has 12 heavy (non-hydrogen) atoms. The summed E-state index contributed by atoms with van der Waals surface area (Å²) < 4.78 is 18.7. The number of hydrogen-bond donors (Lipinski definition) is 0. The second-order valence-corrected chi connectivity index (χ2v) is 4.40. The van der Waals surface area contributed by atoms with Crippen molar-refractivity contribution in [3.8, 4) is 0 Å². The van der Waals surface area contributed by atoms with E-state index in [2.05, 4.69) is 27.0 Å². The Hall–Kier alpha value is -0.230.